The molecule has 0 radical (unpaired) electrons. The second kappa shape index (κ2) is 8.90. The maximum absolute atomic E-state index is 5.08. The lowest BCUT2D eigenvalue weighted by Crippen LogP contribution is -2.46. The average Bonchev–Trinajstić information content (AvgIpc) is 2.25. The van der Waals surface area contributed by atoms with Crippen molar-refractivity contribution in [1.82, 2.24) is 10.2 Å². The first-order valence-electron chi connectivity index (χ1n) is 6.85. The van der Waals surface area contributed by atoms with E-state index < -0.39 is 0 Å². The first kappa shape index (κ1) is 16.9. The quantitative estimate of drug-likeness (QED) is 0.597. The Bertz CT molecular complexity index is 183. The van der Waals surface area contributed by atoms with Gasteiger partial charge < -0.3 is 15.0 Å². The smallest absolute Gasteiger partial charge is 0.0474 e. The fourth-order valence-corrected chi connectivity index (χ4v) is 2.03. The lowest BCUT2D eigenvalue weighted by molar-refractivity contribution is 0.142. The van der Waals surface area contributed by atoms with E-state index in [1.54, 1.807) is 7.11 Å². The van der Waals surface area contributed by atoms with E-state index in [1.807, 2.05) is 0 Å². The number of nitrogens with one attached hydrogen (secondary N) is 1. The van der Waals surface area contributed by atoms with E-state index in [-0.39, 0.29) is 0 Å². The highest BCUT2D eigenvalue weighted by Crippen LogP contribution is 2.21. The minimum atomic E-state index is 0.303. The largest absolute Gasteiger partial charge is 0.385 e. The van der Waals surface area contributed by atoms with Crippen molar-refractivity contribution in [1.29, 1.82) is 0 Å². The van der Waals surface area contributed by atoms with Crippen LogP contribution in [0, 0.1) is 5.41 Å². The summed E-state index contributed by atoms with van der Waals surface area (Å²) in [6, 6.07) is 0.548. The molecule has 0 heterocycles. The zero-order valence-corrected chi connectivity index (χ0v) is 12.7. The van der Waals surface area contributed by atoms with Crippen molar-refractivity contribution >= 4 is 0 Å². The summed E-state index contributed by atoms with van der Waals surface area (Å²) in [4.78, 5) is 2.41. The zero-order chi connectivity index (χ0) is 13.3. The monoisotopic (exact) mass is 244 g/mol. The molecule has 0 saturated carbocycles. The average molecular weight is 244 g/mol. The maximum Gasteiger partial charge on any atom is 0.0474 e. The molecule has 0 amide bonds. The van der Waals surface area contributed by atoms with Crippen molar-refractivity contribution in [2.75, 3.05) is 40.4 Å². The fraction of sp³-hybridized carbons (Fsp3) is 1.00. The molecule has 0 aromatic heterocycles. The first-order valence-corrected chi connectivity index (χ1v) is 6.85. The normalized spacial score (nSPS) is 14.3. The summed E-state index contributed by atoms with van der Waals surface area (Å²) in [6.07, 6.45) is 2.31. The van der Waals surface area contributed by atoms with Gasteiger partial charge in [0, 0.05) is 32.8 Å². The topological polar surface area (TPSA) is 24.5 Å². The van der Waals surface area contributed by atoms with E-state index in [4.69, 9.17) is 4.74 Å². The van der Waals surface area contributed by atoms with Gasteiger partial charge in [0.15, 0.2) is 0 Å². The molecule has 1 unspecified atom stereocenters. The molecular formula is C14H32N2O. The molecule has 0 fully saturated rings. The number of rotatable bonds is 10. The van der Waals surface area contributed by atoms with Crippen molar-refractivity contribution < 1.29 is 4.74 Å². The maximum atomic E-state index is 5.08. The fourth-order valence-electron chi connectivity index (χ4n) is 2.03. The Hall–Kier alpha value is -0.120. The van der Waals surface area contributed by atoms with Crippen LogP contribution in [0.25, 0.3) is 0 Å². The minimum absolute atomic E-state index is 0.303. The second-order valence-corrected chi connectivity index (χ2v) is 5.75. The summed E-state index contributed by atoms with van der Waals surface area (Å²) < 4.78 is 5.08. The van der Waals surface area contributed by atoms with Crippen molar-refractivity contribution in [3.05, 3.63) is 0 Å². The second-order valence-electron chi connectivity index (χ2n) is 5.75. The molecule has 0 aliphatic heterocycles. The first-order chi connectivity index (χ1) is 7.94. The molecule has 1 atom stereocenters. The Balaban J connectivity index is 3.95. The molecular weight excluding hydrogens is 212 g/mol. The lowest BCUT2D eigenvalue weighted by atomic mass is 9.84. The van der Waals surface area contributed by atoms with Gasteiger partial charge in [0.2, 0.25) is 0 Å². The molecule has 0 aliphatic rings. The lowest BCUT2D eigenvalue weighted by Gasteiger charge is -2.36. The van der Waals surface area contributed by atoms with E-state index in [0.717, 1.165) is 32.7 Å². The summed E-state index contributed by atoms with van der Waals surface area (Å²) in [6.45, 7) is 13.4. The SMILES string of the molecule is CCCNC(C)C(C)(C)CN(C)CCCOC. The van der Waals surface area contributed by atoms with Crippen LogP contribution < -0.4 is 5.32 Å². The molecule has 0 aromatic rings. The molecule has 3 nitrogen and oxygen atoms in total. The van der Waals surface area contributed by atoms with Crippen LogP contribution in [0.3, 0.4) is 0 Å². The van der Waals surface area contributed by atoms with Gasteiger partial charge in [0.05, 0.1) is 0 Å². The molecule has 0 bridgehead atoms. The van der Waals surface area contributed by atoms with Gasteiger partial charge in [-0.1, -0.05) is 20.8 Å². The predicted octanol–water partition coefficient (Wildman–Crippen LogP) is 2.37. The molecule has 0 rings (SSSR count). The van der Waals surface area contributed by atoms with Crippen LogP contribution in [-0.4, -0.2) is 51.3 Å². The molecule has 104 valence electrons. The third-order valence-corrected chi connectivity index (χ3v) is 3.44. The van der Waals surface area contributed by atoms with Crippen LogP contribution in [-0.2, 0) is 4.74 Å². The van der Waals surface area contributed by atoms with Gasteiger partial charge in [-0.2, -0.15) is 0 Å². The van der Waals surface area contributed by atoms with Crippen molar-refractivity contribution in [2.45, 2.75) is 46.6 Å². The highest BCUT2D eigenvalue weighted by atomic mass is 16.5. The Kier molecular flexibility index (Phi) is 8.83. The van der Waals surface area contributed by atoms with Crippen LogP contribution >= 0.6 is 0 Å². The summed E-state index contributed by atoms with van der Waals surface area (Å²) in [7, 11) is 3.96. The molecule has 3 heteroatoms. The number of nitrogens with zero attached hydrogens (tertiary/aromatic N) is 1. The molecule has 1 N–H and O–H groups in total. The number of hydrogen-bond acceptors (Lipinski definition) is 3. The van der Waals surface area contributed by atoms with Crippen LogP contribution in [0.5, 0.6) is 0 Å². The molecule has 17 heavy (non-hydrogen) atoms. The van der Waals surface area contributed by atoms with Gasteiger partial charge in [0.25, 0.3) is 0 Å². The molecule has 0 aromatic carbocycles. The van der Waals surface area contributed by atoms with Crippen LogP contribution in [0.1, 0.15) is 40.5 Å². The molecule has 0 aliphatic carbocycles. The highest BCUT2D eigenvalue weighted by molar-refractivity contribution is 4.83. The predicted molar refractivity (Wildman–Crippen MR) is 75.5 cm³/mol. The summed E-state index contributed by atoms with van der Waals surface area (Å²) in [5.41, 5.74) is 0.303. The van der Waals surface area contributed by atoms with Crippen molar-refractivity contribution in [2.24, 2.45) is 5.41 Å². The van der Waals surface area contributed by atoms with E-state index in [9.17, 15) is 0 Å². The van der Waals surface area contributed by atoms with Gasteiger partial charge in [-0.3, -0.25) is 0 Å². The Morgan fingerprint density at radius 3 is 2.53 bits per heavy atom. The Labute approximate surface area is 108 Å². The van der Waals surface area contributed by atoms with E-state index in [1.165, 1.54) is 6.42 Å². The highest BCUT2D eigenvalue weighted by Gasteiger charge is 2.26. The third-order valence-electron chi connectivity index (χ3n) is 3.44. The van der Waals surface area contributed by atoms with E-state index in [0.29, 0.717) is 11.5 Å². The van der Waals surface area contributed by atoms with Gasteiger partial charge in [0.1, 0.15) is 0 Å². The number of methoxy groups -OCH3 is 1. The summed E-state index contributed by atoms with van der Waals surface area (Å²) in [5.74, 6) is 0. The van der Waals surface area contributed by atoms with Crippen LogP contribution in [0.4, 0.5) is 0 Å². The van der Waals surface area contributed by atoms with Gasteiger partial charge in [-0.15, -0.1) is 0 Å². The van der Waals surface area contributed by atoms with Crippen LogP contribution in [0.15, 0.2) is 0 Å². The Morgan fingerprint density at radius 1 is 1.35 bits per heavy atom. The molecule has 0 spiro atoms. The van der Waals surface area contributed by atoms with E-state index in [2.05, 4.69) is 45.0 Å². The number of ether oxygens (including phenoxy) is 1. The van der Waals surface area contributed by atoms with Crippen LogP contribution in [0.2, 0.25) is 0 Å². The van der Waals surface area contributed by atoms with E-state index >= 15 is 0 Å². The van der Waals surface area contributed by atoms with Gasteiger partial charge in [-0.05, 0) is 38.8 Å². The molecule has 0 saturated heterocycles. The van der Waals surface area contributed by atoms with Crippen molar-refractivity contribution in [3.8, 4) is 0 Å². The minimum Gasteiger partial charge on any atom is -0.385 e. The van der Waals surface area contributed by atoms with Gasteiger partial charge in [-0.25, -0.2) is 0 Å². The standard InChI is InChI=1S/C14H32N2O/c1-7-9-15-13(2)14(3,4)12-16(5)10-8-11-17-6/h13,15H,7-12H2,1-6H3. The summed E-state index contributed by atoms with van der Waals surface area (Å²) >= 11 is 0. The zero-order valence-electron chi connectivity index (χ0n) is 12.7. The Morgan fingerprint density at radius 2 is 2.00 bits per heavy atom. The number of hydrogen-bond donors (Lipinski definition) is 1. The summed E-state index contributed by atoms with van der Waals surface area (Å²) in [5, 5.41) is 3.59. The third kappa shape index (κ3) is 7.74. The van der Waals surface area contributed by atoms with Gasteiger partial charge >= 0.3 is 0 Å². The van der Waals surface area contributed by atoms with Crippen molar-refractivity contribution in [3.63, 3.8) is 0 Å².